The molecule has 0 saturated carbocycles. The highest BCUT2D eigenvalue weighted by Crippen LogP contribution is 2.43. The Morgan fingerprint density at radius 2 is 1.79 bits per heavy atom. The van der Waals surface area contributed by atoms with Crippen LogP contribution in [0.2, 0.25) is 5.02 Å². The Kier molecular flexibility index (Phi) is 4.66. The van der Waals surface area contributed by atoms with E-state index < -0.39 is 5.66 Å². The molecule has 1 atom stereocenters. The standard InChI is InChI=1S/C20H23ClN2O/c1-4-13-22-20(15-9-11-16(21)12-10-15)18-8-6-5-7-17(18)19(24)23(20)14(2)3/h5-12,14,22H,4,13H2,1-3H3. The van der Waals surface area contributed by atoms with Crippen molar-refractivity contribution in [1.29, 1.82) is 0 Å². The van der Waals surface area contributed by atoms with Gasteiger partial charge in [-0.05, 0) is 50.6 Å². The van der Waals surface area contributed by atoms with E-state index in [0.29, 0.717) is 5.02 Å². The Hall–Kier alpha value is -1.84. The first-order chi connectivity index (χ1) is 11.5. The molecule has 1 amide bonds. The van der Waals surface area contributed by atoms with Gasteiger partial charge in [0.1, 0.15) is 5.66 Å². The number of carbonyl (C=O) groups is 1. The van der Waals surface area contributed by atoms with Crippen LogP contribution in [-0.4, -0.2) is 23.4 Å². The molecule has 0 spiro atoms. The van der Waals surface area contributed by atoms with Gasteiger partial charge in [0, 0.05) is 22.2 Å². The molecule has 1 heterocycles. The van der Waals surface area contributed by atoms with Crippen molar-refractivity contribution in [1.82, 2.24) is 10.2 Å². The highest BCUT2D eigenvalue weighted by atomic mass is 35.5. The van der Waals surface area contributed by atoms with E-state index >= 15 is 0 Å². The molecule has 3 rings (SSSR count). The molecule has 4 heteroatoms. The molecule has 0 aliphatic carbocycles. The summed E-state index contributed by atoms with van der Waals surface area (Å²) in [5, 5.41) is 4.35. The van der Waals surface area contributed by atoms with Crippen LogP contribution >= 0.6 is 11.6 Å². The van der Waals surface area contributed by atoms with Gasteiger partial charge in [0.25, 0.3) is 5.91 Å². The lowest BCUT2D eigenvalue weighted by Crippen LogP contribution is -2.57. The summed E-state index contributed by atoms with van der Waals surface area (Å²) in [6, 6.07) is 15.7. The van der Waals surface area contributed by atoms with Crippen molar-refractivity contribution in [3.05, 3.63) is 70.2 Å². The van der Waals surface area contributed by atoms with E-state index in [1.807, 2.05) is 53.4 Å². The minimum atomic E-state index is -0.650. The number of benzene rings is 2. The summed E-state index contributed by atoms with van der Waals surface area (Å²) >= 11 is 6.09. The number of nitrogens with one attached hydrogen (secondary N) is 1. The largest absolute Gasteiger partial charge is 0.310 e. The first-order valence-electron chi connectivity index (χ1n) is 8.46. The minimum Gasteiger partial charge on any atom is -0.310 e. The van der Waals surface area contributed by atoms with Crippen LogP contribution < -0.4 is 5.32 Å². The summed E-state index contributed by atoms with van der Waals surface area (Å²) in [6.45, 7) is 7.06. The molecule has 1 aliphatic heterocycles. The Morgan fingerprint density at radius 1 is 1.12 bits per heavy atom. The third-order valence-electron chi connectivity index (χ3n) is 4.54. The van der Waals surface area contributed by atoms with Crippen LogP contribution in [0.1, 0.15) is 48.7 Å². The van der Waals surface area contributed by atoms with Crippen molar-refractivity contribution >= 4 is 17.5 Å². The second-order valence-electron chi connectivity index (χ2n) is 6.46. The van der Waals surface area contributed by atoms with Crippen LogP contribution in [-0.2, 0) is 5.66 Å². The van der Waals surface area contributed by atoms with Crippen LogP contribution in [0.25, 0.3) is 0 Å². The van der Waals surface area contributed by atoms with E-state index in [9.17, 15) is 4.79 Å². The van der Waals surface area contributed by atoms with Gasteiger partial charge < -0.3 is 4.90 Å². The summed E-state index contributed by atoms with van der Waals surface area (Å²) < 4.78 is 0. The molecule has 126 valence electrons. The van der Waals surface area contributed by atoms with Crippen LogP contribution in [0, 0.1) is 0 Å². The second kappa shape index (κ2) is 6.58. The molecule has 0 radical (unpaired) electrons. The number of rotatable bonds is 5. The summed E-state index contributed by atoms with van der Waals surface area (Å²) in [4.78, 5) is 15.1. The number of nitrogens with zero attached hydrogens (tertiary/aromatic N) is 1. The van der Waals surface area contributed by atoms with Gasteiger partial charge in [-0.25, -0.2) is 0 Å². The fourth-order valence-corrected chi connectivity index (χ4v) is 3.72. The number of fused-ring (bicyclic) bond motifs is 1. The zero-order valence-electron chi connectivity index (χ0n) is 14.3. The molecule has 1 aliphatic rings. The van der Waals surface area contributed by atoms with E-state index in [-0.39, 0.29) is 11.9 Å². The molecule has 0 bridgehead atoms. The topological polar surface area (TPSA) is 32.3 Å². The van der Waals surface area contributed by atoms with Gasteiger partial charge in [-0.2, -0.15) is 0 Å². The van der Waals surface area contributed by atoms with E-state index in [1.54, 1.807) is 0 Å². The van der Waals surface area contributed by atoms with Crippen LogP contribution in [0.4, 0.5) is 0 Å². The molecule has 0 saturated heterocycles. The van der Waals surface area contributed by atoms with Gasteiger partial charge >= 0.3 is 0 Å². The molecule has 1 N–H and O–H groups in total. The fraction of sp³-hybridized carbons (Fsp3) is 0.350. The number of amides is 1. The number of halogens is 1. The molecular formula is C20H23ClN2O. The zero-order chi connectivity index (χ0) is 17.3. The van der Waals surface area contributed by atoms with Gasteiger partial charge in [-0.15, -0.1) is 0 Å². The molecule has 2 aromatic rings. The summed E-state index contributed by atoms with van der Waals surface area (Å²) in [5.41, 5.74) is 2.17. The molecule has 0 aromatic heterocycles. The van der Waals surface area contributed by atoms with Crippen LogP contribution in [0.3, 0.4) is 0 Å². The first-order valence-corrected chi connectivity index (χ1v) is 8.84. The highest BCUT2D eigenvalue weighted by molar-refractivity contribution is 6.30. The van der Waals surface area contributed by atoms with E-state index in [4.69, 9.17) is 11.6 Å². The minimum absolute atomic E-state index is 0.0601. The number of hydrogen-bond acceptors (Lipinski definition) is 2. The van der Waals surface area contributed by atoms with Gasteiger partial charge in [-0.1, -0.05) is 48.9 Å². The maximum Gasteiger partial charge on any atom is 0.256 e. The molecule has 1 unspecified atom stereocenters. The molecule has 0 fully saturated rings. The monoisotopic (exact) mass is 342 g/mol. The maximum absolute atomic E-state index is 13.1. The van der Waals surface area contributed by atoms with Gasteiger partial charge in [0.15, 0.2) is 0 Å². The molecule has 2 aromatic carbocycles. The Bertz CT molecular complexity index is 742. The zero-order valence-corrected chi connectivity index (χ0v) is 15.1. The maximum atomic E-state index is 13.1. The van der Waals surface area contributed by atoms with E-state index in [2.05, 4.69) is 26.1 Å². The quantitative estimate of drug-likeness (QED) is 0.873. The predicted molar refractivity (Wildman–Crippen MR) is 98.3 cm³/mol. The van der Waals surface area contributed by atoms with Crippen molar-refractivity contribution in [3.63, 3.8) is 0 Å². The van der Waals surface area contributed by atoms with E-state index in [1.165, 1.54) is 0 Å². The third-order valence-corrected chi connectivity index (χ3v) is 4.79. The Balaban J connectivity index is 2.28. The third kappa shape index (κ3) is 2.52. The number of carbonyl (C=O) groups excluding carboxylic acids is 1. The summed E-state index contributed by atoms with van der Waals surface area (Å²) in [7, 11) is 0. The molecule has 24 heavy (non-hydrogen) atoms. The Morgan fingerprint density at radius 3 is 2.42 bits per heavy atom. The van der Waals surface area contributed by atoms with Gasteiger partial charge in [0.2, 0.25) is 0 Å². The summed E-state index contributed by atoms with van der Waals surface area (Å²) in [5.74, 6) is 0.0687. The van der Waals surface area contributed by atoms with Crippen molar-refractivity contribution in [3.8, 4) is 0 Å². The highest BCUT2D eigenvalue weighted by Gasteiger charge is 2.51. The van der Waals surface area contributed by atoms with Crippen molar-refractivity contribution in [2.24, 2.45) is 0 Å². The predicted octanol–water partition coefficient (Wildman–Crippen LogP) is 4.40. The lowest BCUT2D eigenvalue weighted by atomic mass is 9.89. The first kappa shape index (κ1) is 17.0. The SMILES string of the molecule is CCCNC1(c2ccc(Cl)cc2)c2ccccc2C(=O)N1C(C)C. The van der Waals surface area contributed by atoms with Crippen molar-refractivity contribution < 1.29 is 4.79 Å². The normalized spacial score (nSPS) is 19.9. The smallest absolute Gasteiger partial charge is 0.256 e. The second-order valence-corrected chi connectivity index (χ2v) is 6.90. The lowest BCUT2D eigenvalue weighted by Gasteiger charge is -2.43. The van der Waals surface area contributed by atoms with Gasteiger partial charge in [-0.3, -0.25) is 10.1 Å². The van der Waals surface area contributed by atoms with Crippen LogP contribution in [0.15, 0.2) is 48.5 Å². The number of hydrogen-bond donors (Lipinski definition) is 1. The average Bonchev–Trinajstić information content (AvgIpc) is 2.84. The van der Waals surface area contributed by atoms with Crippen LogP contribution in [0.5, 0.6) is 0 Å². The Labute approximate surface area is 148 Å². The van der Waals surface area contributed by atoms with Gasteiger partial charge in [0.05, 0.1) is 0 Å². The molecule has 3 nitrogen and oxygen atoms in total. The van der Waals surface area contributed by atoms with Crippen molar-refractivity contribution in [2.45, 2.75) is 38.9 Å². The van der Waals surface area contributed by atoms with Crippen molar-refractivity contribution in [2.75, 3.05) is 6.54 Å². The lowest BCUT2D eigenvalue weighted by molar-refractivity contribution is 0.0444. The van der Waals surface area contributed by atoms with E-state index in [0.717, 1.165) is 29.7 Å². The fourth-order valence-electron chi connectivity index (χ4n) is 3.59. The summed E-state index contributed by atoms with van der Waals surface area (Å²) in [6.07, 6.45) is 0.984. The molecular weight excluding hydrogens is 320 g/mol. The average molecular weight is 343 g/mol.